The molecule has 0 radical (unpaired) electrons. The zero-order chi connectivity index (χ0) is 12.5. The summed E-state index contributed by atoms with van der Waals surface area (Å²) in [6.45, 7) is 0.779. The van der Waals surface area contributed by atoms with Gasteiger partial charge in [-0.3, -0.25) is 0 Å². The fourth-order valence-corrected chi connectivity index (χ4v) is 2.37. The van der Waals surface area contributed by atoms with Crippen molar-refractivity contribution in [2.24, 2.45) is 5.92 Å². The van der Waals surface area contributed by atoms with Gasteiger partial charge < -0.3 is 15.0 Å². The maximum Gasteiger partial charge on any atom is 0.229 e. The summed E-state index contributed by atoms with van der Waals surface area (Å²) >= 11 is 3.56. The van der Waals surface area contributed by atoms with E-state index in [2.05, 4.69) is 21.1 Å². The van der Waals surface area contributed by atoms with Crippen molar-refractivity contribution in [2.45, 2.75) is 12.8 Å². The molecule has 1 aromatic heterocycles. The number of nitrogen functional groups attached to an aromatic ring is 1. The number of aromatic nitrogens is 1. The Morgan fingerprint density at radius 2 is 2.22 bits per heavy atom. The molecule has 18 heavy (non-hydrogen) atoms. The molecule has 5 heteroatoms. The van der Waals surface area contributed by atoms with Crippen LogP contribution in [-0.2, 0) is 0 Å². The number of benzene rings is 1. The van der Waals surface area contributed by atoms with Gasteiger partial charge in [-0.25, -0.2) is 0 Å². The molecule has 3 rings (SSSR count). The molecule has 1 heterocycles. The van der Waals surface area contributed by atoms with Crippen LogP contribution in [0.25, 0.3) is 11.1 Å². The van der Waals surface area contributed by atoms with E-state index in [1.807, 2.05) is 18.2 Å². The van der Waals surface area contributed by atoms with Crippen LogP contribution < -0.4 is 10.5 Å². The van der Waals surface area contributed by atoms with E-state index in [1.54, 1.807) is 6.20 Å². The standard InChI is InChI=1S/C13H13BrN2O2/c14-12-9(10-6-16-18-13(10)15)2-1-3-11(12)17-7-8-4-5-8/h1-3,6,8H,4-5,7,15H2. The molecule has 0 unspecified atom stereocenters. The number of anilines is 1. The van der Waals surface area contributed by atoms with Crippen LogP contribution in [-0.4, -0.2) is 11.8 Å². The molecule has 1 saturated carbocycles. The normalized spacial score (nSPS) is 14.7. The average molecular weight is 309 g/mol. The van der Waals surface area contributed by atoms with Gasteiger partial charge in [0.1, 0.15) is 5.75 Å². The Kier molecular flexibility index (Phi) is 2.99. The molecule has 1 aliphatic carbocycles. The van der Waals surface area contributed by atoms with Gasteiger partial charge in [-0.05, 0) is 40.8 Å². The molecule has 0 aliphatic heterocycles. The number of nitrogens with two attached hydrogens (primary N) is 1. The van der Waals surface area contributed by atoms with Gasteiger partial charge in [0.25, 0.3) is 0 Å². The summed E-state index contributed by atoms with van der Waals surface area (Å²) in [5, 5.41) is 3.69. The Morgan fingerprint density at radius 1 is 1.39 bits per heavy atom. The lowest BCUT2D eigenvalue weighted by atomic mass is 10.1. The van der Waals surface area contributed by atoms with Gasteiger partial charge >= 0.3 is 0 Å². The number of rotatable bonds is 4. The molecule has 2 N–H and O–H groups in total. The van der Waals surface area contributed by atoms with Gasteiger partial charge in [0.15, 0.2) is 0 Å². The number of ether oxygens (including phenoxy) is 1. The molecule has 0 atom stereocenters. The minimum Gasteiger partial charge on any atom is -0.492 e. The number of hydrogen-bond donors (Lipinski definition) is 1. The van der Waals surface area contributed by atoms with E-state index in [-0.39, 0.29) is 0 Å². The molecule has 1 aromatic carbocycles. The summed E-state index contributed by atoms with van der Waals surface area (Å²) in [4.78, 5) is 0. The van der Waals surface area contributed by atoms with Gasteiger partial charge in [-0.2, -0.15) is 0 Å². The molecule has 0 spiro atoms. The highest BCUT2D eigenvalue weighted by Crippen LogP contribution is 2.39. The van der Waals surface area contributed by atoms with Gasteiger partial charge in [-0.1, -0.05) is 17.3 Å². The van der Waals surface area contributed by atoms with Gasteiger partial charge in [0.05, 0.1) is 22.8 Å². The molecule has 0 saturated heterocycles. The predicted octanol–water partition coefficient (Wildman–Crippen LogP) is 3.48. The predicted molar refractivity (Wildman–Crippen MR) is 72.3 cm³/mol. The minimum atomic E-state index is 0.315. The first kappa shape index (κ1) is 11.6. The zero-order valence-corrected chi connectivity index (χ0v) is 11.3. The van der Waals surface area contributed by atoms with E-state index in [0.29, 0.717) is 5.88 Å². The molecule has 1 fully saturated rings. The smallest absolute Gasteiger partial charge is 0.229 e. The van der Waals surface area contributed by atoms with E-state index in [0.717, 1.165) is 33.9 Å². The van der Waals surface area contributed by atoms with Crippen LogP contribution in [0.5, 0.6) is 5.75 Å². The van der Waals surface area contributed by atoms with Crippen LogP contribution in [0.3, 0.4) is 0 Å². The first-order chi connectivity index (χ1) is 8.75. The van der Waals surface area contributed by atoms with E-state index in [1.165, 1.54) is 12.8 Å². The van der Waals surface area contributed by atoms with Crippen molar-refractivity contribution in [3.05, 3.63) is 28.9 Å². The van der Waals surface area contributed by atoms with Gasteiger partial charge in [0.2, 0.25) is 5.88 Å². The highest BCUT2D eigenvalue weighted by atomic mass is 79.9. The van der Waals surface area contributed by atoms with Crippen molar-refractivity contribution in [1.82, 2.24) is 5.16 Å². The highest BCUT2D eigenvalue weighted by Gasteiger charge is 2.22. The first-order valence-electron chi connectivity index (χ1n) is 5.87. The monoisotopic (exact) mass is 308 g/mol. The number of nitrogens with zero attached hydrogens (tertiary/aromatic N) is 1. The topological polar surface area (TPSA) is 61.3 Å². The van der Waals surface area contributed by atoms with Crippen LogP contribution in [0.1, 0.15) is 12.8 Å². The Hall–Kier alpha value is -1.49. The number of hydrogen-bond acceptors (Lipinski definition) is 4. The van der Waals surface area contributed by atoms with Crippen molar-refractivity contribution in [3.63, 3.8) is 0 Å². The molecule has 0 amide bonds. The molecular formula is C13H13BrN2O2. The SMILES string of the molecule is Nc1oncc1-c1cccc(OCC2CC2)c1Br. The lowest BCUT2D eigenvalue weighted by molar-refractivity contribution is 0.298. The first-order valence-corrected chi connectivity index (χ1v) is 6.67. The average Bonchev–Trinajstić information content (AvgIpc) is 3.10. The summed E-state index contributed by atoms with van der Waals surface area (Å²) < 4.78 is 11.6. The van der Waals surface area contributed by atoms with E-state index >= 15 is 0 Å². The second kappa shape index (κ2) is 4.65. The van der Waals surface area contributed by atoms with Crippen LogP contribution in [0.15, 0.2) is 33.4 Å². The third kappa shape index (κ3) is 2.22. The quantitative estimate of drug-likeness (QED) is 0.939. The van der Waals surface area contributed by atoms with Gasteiger partial charge in [-0.15, -0.1) is 0 Å². The lowest BCUT2D eigenvalue weighted by Gasteiger charge is -2.10. The molecule has 1 aliphatic rings. The molecule has 4 nitrogen and oxygen atoms in total. The van der Waals surface area contributed by atoms with Crippen molar-refractivity contribution in [3.8, 4) is 16.9 Å². The van der Waals surface area contributed by atoms with Crippen LogP contribution >= 0.6 is 15.9 Å². The summed E-state index contributed by atoms with van der Waals surface area (Å²) in [7, 11) is 0. The van der Waals surface area contributed by atoms with Crippen molar-refractivity contribution >= 4 is 21.8 Å². The van der Waals surface area contributed by atoms with E-state index in [9.17, 15) is 0 Å². The Labute approximate surface area is 113 Å². The lowest BCUT2D eigenvalue weighted by Crippen LogP contribution is -2.00. The molecule has 2 aromatic rings. The summed E-state index contributed by atoms with van der Waals surface area (Å²) in [6.07, 6.45) is 4.16. The Balaban J connectivity index is 1.90. The third-order valence-corrected chi connectivity index (χ3v) is 3.84. The maximum absolute atomic E-state index is 5.80. The van der Waals surface area contributed by atoms with E-state index < -0.39 is 0 Å². The van der Waals surface area contributed by atoms with Gasteiger partial charge in [0, 0.05) is 5.56 Å². The summed E-state index contributed by atoms with van der Waals surface area (Å²) in [5.41, 5.74) is 7.44. The maximum atomic E-state index is 5.80. The Morgan fingerprint density at radius 3 is 2.89 bits per heavy atom. The molecular weight excluding hydrogens is 296 g/mol. The van der Waals surface area contributed by atoms with Crippen LogP contribution in [0.4, 0.5) is 5.88 Å². The fourth-order valence-electron chi connectivity index (χ4n) is 1.77. The minimum absolute atomic E-state index is 0.315. The summed E-state index contributed by atoms with van der Waals surface area (Å²) in [5.74, 6) is 1.87. The van der Waals surface area contributed by atoms with Crippen molar-refractivity contribution in [1.29, 1.82) is 0 Å². The highest BCUT2D eigenvalue weighted by molar-refractivity contribution is 9.10. The van der Waals surface area contributed by atoms with Crippen LogP contribution in [0.2, 0.25) is 0 Å². The Bertz CT molecular complexity index is 564. The summed E-state index contributed by atoms with van der Waals surface area (Å²) in [6, 6.07) is 5.84. The second-order valence-corrected chi connectivity index (χ2v) is 5.27. The van der Waals surface area contributed by atoms with Crippen molar-refractivity contribution in [2.75, 3.05) is 12.3 Å². The largest absolute Gasteiger partial charge is 0.492 e. The molecule has 0 bridgehead atoms. The third-order valence-electron chi connectivity index (χ3n) is 3.02. The number of halogens is 1. The molecule has 94 valence electrons. The van der Waals surface area contributed by atoms with E-state index in [4.69, 9.17) is 15.0 Å². The fraction of sp³-hybridized carbons (Fsp3) is 0.308. The zero-order valence-electron chi connectivity index (χ0n) is 9.73. The van der Waals surface area contributed by atoms with Crippen LogP contribution in [0, 0.1) is 5.92 Å². The van der Waals surface area contributed by atoms with Crippen molar-refractivity contribution < 1.29 is 9.26 Å². The second-order valence-electron chi connectivity index (χ2n) is 4.48.